The molecule has 0 aliphatic carbocycles. The molecule has 0 aromatic rings. The molecule has 0 spiro atoms. The smallest absolute Gasteiger partial charge is 0.306 e. The number of allylic oxidation sites excluding steroid dienone is 9. The molecule has 0 aliphatic heterocycles. The van der Waals surface area contributed by atoms with Gasteiger partial charge in [0.1, 0.15) is 6.61 Å². The SMILES string of the molecule is CC[C@H](O)/C=C/C=C\C/C=C\C/C=C\C/C=C\CCCC(=O)OC[C@H](CO)OC(=O)CCCCCCCCCCCCCCCC(C)C. The Hall–Kier alpha value is -2.44. The minimum atomic E-state index is -0.804. The second-order valence-electron chi connectivity index (χ2n) is 13.3. The summed E-state index contributed by atoms with van der Waals surface area (Å²) in [6.07, 6.45) is 42.3. The number of hydrogen-bond acceptors (Lipinski definition) is 6. The normalized spacial score (nSPS) is 13.6. The maximum Gasteiger partial charge on any atom is 0.306 e. The van der Waals surface area contributed by atoms with Crippen molar-refractivity contribution in [3.63, 3.8) is 0 Å². The molecule has 0 aromatic heterocycles. The lowest BCUT2D eigenvalue weighted by Gasteiger charge is -2.15. The lowest BCUT2D eigenvalue weighted by molar-refractivity contribution is -0.161. The van der Waals surface area contributed by atoms with Crippen LogP contribution in [0.2, 0.25) is 0 Å². The highest BCUT2D eigenvalue weighted by Crippen LogP contribution is 2.15. The summed E-state index contributed by atoms with van der Waals surface area (Å²) in [6.45, 7) is 6.10. The molecule has 0 fully saturated rings. The van der Waals surface area contributed by atoms with Crippen molar-refractivity contribution in [3.05, 3.63) is 60.8 Å². The van der Waals surface area contributed by atoms with E-state index in [0.29, 0.717) is 19.3 Å². The Morgan fingerprint density at radius 1 is 0.625 bits per heavy atom. The molecular weight excluding hydrogens is 600 g/mol. The van der Waals surface area contributed by atoms with Crippen LogP contribution >= 0.6 is 0 Å². The third kappa shape index (κ3) is 34.9. The minimum absolute atomic E-state index is 0.106. The maximum atomic E-state index is 12.2. The molecule has 0 amide bonds. The zero-order chi connectivity index (χ0) is 35.3. The van der Waals surface area contributed by atoms with Crippen molar-refractivity contribution in [2.45, 2.75) is 174 Å². The zero-order valence-electron chi connectivity index (χ0n) is 31.0. The van der Waals surface area contributed by atoms with Crippen LogP contribution in [0.5, 0.6) is 0 Å². The fraction of sp³-hybridized carbons (Fsp3) is 0.714. The van der Waals surface area contributed by atoms with E-state index < -0.39 is 6.10 Å². The average Bonchev–Trinajstić information content (AvgIpc) is 3.07. The van der Waals surface area contributed by atoms with Gasteiger partial charge < -0.3 is 19.7 Å². The maximum absolute atomic E-state index is 12.2. The van der Waals surface area contributed by atoms with Gasteiger partial charge in [-0.25, -0.2) is 0 Å². The quantitative estimate of drug-likeness (QED) is 0.0312. The first-order chi connectivity index (χ1) is 23.4. The van der Waals surface area contributed by atoms with Crippen molar-refractivity contribution in [3.8, 4) is 0 Å². The van der Waals surface area contributed by atoms with Crippen molar-refractivity contribution in [2.24, 2.45) is 5.92 Å². The Bertz CT molecular complexity index is 885. The molecule has 0 unspecified atom stereocenters. The van der Waals surface area contributed by atoms with Crippen LogP contribution in [0, 0.1) is 5.92 Å². The highest BCUT2D eigenvalue weighted by atomic mass is 16.6. The lowest BCUT2D eigenvalue weighted by atomic mass is 10.0. The molecular formula is C42H72O6. The van der Waals surface area contributed by atoms with Crippen LogP contribution in [0.25, 0.3) is 0 Å². The van der Waals surface area contributed by atoms with Gasteiger partial charge in [-0.15, -0.1) is 0 Å². The molecule has 0 saturated heterocycles. The number of esters is 2. The second-order valence-corrected chi connectivity index (χ2v) is 13.3. The molecule has 0 radical (unpaired) electrons. The fourth-order valence-electron chi connectivity index (χ4n) is 5.08. The lowest BCUT2D eigenvalue weighted by Crippen LogP contribution is -2.28. The molecule has 6 heteroatoms. The van der Waals surface area contributed by atoms with E-state index in [1.807, 2.05) is 19.1 Å². The number of unbranched alkanes of at least 4 members (excludes halogenated alkanes) is 13. The first-order valence-electron chi connectivity index (χ1n) is 19.3. The monoisotopic (exact) mass is 673 g/mol. The predicted molar refractivity (Wildman–Crippen MR) is 202 cm³/mol. The van der Waals surface area contributed by atoms with E-state index in [0.717, 1.165) is 57.3 Å². The van der Waals surface area contributed by atoms with Gasteiger partial charge >= 0.3 is 11.9 Å². The van der Waals surface area contributed by atoms with Crippen LogP contribution in [0.1, 0.15) is 162 Å². The molecule has 0 heterocycles. The first-order valence-corrected chi connectivity index (χ1v) is 19.3. The summed E-state index contributed by atoms with van der Waals surface area (Å²) in [5.74, 6) is 0.158. The topological polar surface area (TPSA) is 93.1 Å². The number of carbonyl (C=O) groups is 2. The standard InChI is InChI=1S/C42H72O6/c1-4-39(44)33-29-25-21-17-13-9-5-6-10-14-18-22-26-30-34-41(45)47-37-40(36-43)48-42(46)35-31-27-23-19-15-11-7-8-12-16-20-24-28-32-38(2)3/h6,9-10,13,18,21-22,25,29,33,38-40,43-44H,4-5,7-8,11-12,14-17,19-20,23-24,26-28,30-32,34-37H2,1-3H3/b10-6-,13-9-,22-18-,25-21-,33-29+/t39-,40-/m0/s1. The van der Waals surface area contributed by atoms with Crippen LogP contribution in [-0.2, 0) is 19.1 Å². The van der Waals surface area contributed by atoms with E-state index in [2.05, 4.69) is 56.4 Å². The van der Waals surface area contributed by atoms with Gasteiger partial charge in [-0.05, 0) is 50.9 Å². The van der Waals surface area contributed by atoms with Crippen LogP contribution in [-0.4, -0.2) is 47.6 Å². The summed E-state index contributed by atoms with van der Waals surface area (Å²) in [6, 6.07) is 0. The van der Waals surface area contributed by atoms with Crippen LogP contribution in [0.3, 0.4) is 0 Å². The van der Waals surface area contributed by atoms with E-state index in [4.69, 9.17) is 9.47 Å². The Morgan fingerprint density at radius 2 is 1.12 bits per heavy atom. The van der Waals surface area contributed by atoms with E-state index in [9.17, 15) is 19.8 Å². The highest BCUT2D eigenvalue weighted by molar-refractivity contribution is 5.70. The molecule has 2 atom stereocenters. The first kappa shape index (κ1) is 45.6. The Morgan fingerprint density at radius 3 is 1.67 bits per heavy atom. The Balaban J connectivity index is 3.69. The Kier molecular flexibility index (Phi) is 34.0. The van der Waals surface area contributed by atoms with Crippen molar-refractivity contribution in [1.82, 2.24) is 0 Å². The molecule has 48 heavy (non-hydrogen) atoms. The van der Waals surface area contributed by atoms with Crippen LogP contribution in [0.15, 0.2) is 60.8 Å². The summed E-state index contributed by atoms with van der Waals surface area (Å²) in [7, 11) is 0. The molecule has 0 rings (SSSR count). The van der Waals surface area contributed by atoms with E-state index in [-0.39, 0.29) is 31.3 Å². The molecule has 0 aliphatic rings. The minimum Gasteiger partial charge on any atom is -0.462 e. The summed E-state index contributed by atoms with van der Waals surface area (Å²) in [4.78, 5) is 24.2. The van der Waals surface area contributed by atoms with E-state index in [1.165, 1.54) is 70.6 Å². The summed E-state index contributed by atoms with van der Waals surface area (Å²) in [5, 5.41) is 19.0. The summed E-state index contributed by atoms with van der Waals surface area (Å²) in [5.41, 5.74) is 0. The van der Waals surface area contributed by atoms with Crippen LogP contribution < -0.4 is 0 Å². The molecule has 0 bridgehead atoms. The van der Waals surface area contributed by atoms with Gasteiger partial charge in [0.2, 0.25) is 0 Å². The van der Waals surface area contributed by atoms with Gasteiger partial charge in [0.05, 0.1) is 12.7 Å². The zero-order valence-corrected chi connectivity index (χ0v) is 31.0. The van der Waals surface area contributed by atoms with Crippen LogP contribution in [0.4, 0.5) is 0 Å². The Labute approximate surface area is 294 Å². The number of aliphatic hydroxyl groups excluding tert-OH is 2. The predicted octanol–water partition coefficient (Wildman–Crippen LogP) is 10.8. The summed E-state index contributed by atoms with van der Waals surface area (Å²) < 4.78 is 10.5. The largest absolute Gasteiger partial charge is 0.462 e. The number of aliphatic hydroxyl groups is 2. The highest BCUT2D eigenvalue weighted by Gasteiger charge is 2.16. The third-order valence-corrected chi connectivity index (χ3v) is 8.16. The molecule has 0 aromatic carbocycles. The molecule has 2 N–H and O–H groups in total. The van der Waals surface area contributed by atoms with Crippen molar-refractivity contribution < 1.29 is 29.3 Å². The van der Waals surface area contributed by atoms with E-state index in [1.54, 1.807) is 6.08 Å². The average molecular weight is 673 g/mol. The third-order valence-electron chi connectivity index (χ3n) is 8.16. The van der Waals surface area contributed by atoms with Gasteiger partial charge in [0.15, 0.2) is 6.10 Å². The van der Waals surface area contributed by atoms with Gasteiger partial charge in [0.25, 0.3) is 0 Å². The van der Waals surface area contributed by atoms with Gasteiger partial charge in [0, 0.05) is 12.8 Å². The van der Waals surface area contributed by atoms with Crippen molar-refractivity contribution in [2.75, 3.05) is 13.2 Å². The summed E-state index contributed by atoms with van der Waals surface area (Å²) >= 11 is 0. The van der Waals surface area contributed by atoms with Gasteiger partial charge in [-0.2, -0.15) is 0 Å². The number of rotatable bonds is 33. The fourth-order valence-corrected chi connectivity index (χ4v) is 5.08. The molecule has 276 valence electrons. The second kappa shape index (κ2) is 35.9. The molecule has 0 saturated carbocycles. The number of hydrogen-bond donors (Lipinski definition) is 2. The van der Waals surface area contributed by atoms with Gasteiger partial charge in [-0.1, -0.05) is 165 Å². The molecule has 6 nitrogen and oxygen atoms in total. The van der Waals surface area contributed by atoms with Gasteiger partial charge in [-0.3, -0.25) is 9.59 Å². The number of ether oxygens (including phenoxy) is 2. The van der Waals surface area contributed by atoms with Crippen molar-refractivity contribution in [1.29, 1.82) is 0 Å². The van der Waals surface area contributed by atoms with Crippen molar-refractivity contribution >= 4 is 11.9 Å². The van der Waals surface area contributed by atoms with E-state index >= 15 is 0 Å². The number of carbonyl (C=O) groups excluding carboxylic acids is 2.